The summed E-state index contributed by atoms with van der Waals surface area (Å²) in [6.45, 7) is 5.89. The summed E-state index contributed by atoms with van der Waals surface area (Å²) in [5, 5.41) is 0. The van der Waals surface area contributed by atoms with E-state index >= 15 is 0 Å². The summed E-state index contributed by atoms with van der Waals surface area (Å²) in [5.41, 5.74) is 4.52. The third-order valence-corrected chi connectivity index (χ3v) is 2.64. The summed E-state index contributed by atoms with van der Waals surface area (Å²) in [5.74, 6) is 0.0577. The molecule has 1 aromatic heterocycles. The fourth-order valence-corrected chi connectivity index (χ4v) is 1.96. The number of carbonyl (C=O) groups excluding carboxylic acids is 1. The smallest absolute Gasteiger partial charge is 0.193 e. The van der Waals surface area contributed by atoms with Gasteiger partial charge in [-0.15, -0.1) is 0 Å². The fraction of sp³-hybridized carbons (Fsp3) is 0.200. The van der Waals surface area contributed by atoms with Crippen molar-refractivity contribution in [3.05, 3.63) is 64.5 Å². The number of nitrogens with zero attached hydrogens (tertiary/aromatic N) is 1. The second kappa shape index (κ2) is 4.50. The van der Waals surface area contributed by atoms with E-state index in [2.05, 4.69) is 11.1 Å². The van der Waals surface area contributed by atoms with E-state index in [1.54, 1.807) is 12.3 Å². The van der Waals surface area contributed by atoms with Crippen molar-refractivity contribution in [3.8, 4) is 0 Å². The minimum absolute atomic E-state index is 0.0577. The van der Waals surface area contributed by atoms with Crippen LogP contribution in [0.4, 0.5) is 0 Å². The van der Waals surface area contributed by atoms with Gasteiger partial charge in [-0.25, -0.2) is 0 Å². The lowest BCUT2D eigenvalue weighted by Crippen LogP contribution is -2.03. The molecule has 0 N–H and O–H groups in total. The van der Waals surface area contributed by atoms with Gasteiger partial charge >= 0.3 is 0 Å². The maximum atomic E-state index is 12.3. The molecule has 2 rings (SSSR count). The first-order valence-electron chi connectivity index (χ1n) is 5.62. The summed E-state index contributed by atoms with van der Waals surface area (Å²) in [6, 6.07) is 9.48. The molecule has 0 fully saturated rings. The minimum atomic E-state index is 0.0577. The summed E-state index contributed by atoms with van der Waals surface area (Å²) in [7, 11) is 0. The second-order valence-electron chi connectivity index (χ2n) is 4.39. The highest BCUT2D eigenvalue weighted by atomic mass is 16.1. The van der Waals surface area contributed by atoms with E-state index in [9.17, 15) is 4.79 Å². The van der Waals surface area contributed by atoms with Gasteiger partial charge in [-0.05, 0) is 45.0 Å². The average molecular weight is 225 g/mol. The Kier molecular flexibility index (Phi) is 3.05. The van der Waals surface area contributed by atoms with Crippen molar-refractivity contribution in [2.45, 2.75) is 20.8 Å². The van der Waals surface area contributed by atoms with Crippen LogP contribution in [0.15, 0.2) is 36.5 Å². The number of aryl methyl sites for hydroxylation is 3. The molecule has 86 valence electrons. The SMILES string of the molecule is Cc1cc(C)cc(C(=O)c2ccnc(C)c2)c1. The lowest BCUT2D eigenvalue weighted by Gasteiger charge is -2.05. The first-order valence-corrected chi connectivity index (χ1v) is 5.62. The molecule has 1 aromatic carbocycles. The number of benzene rings is 1. The monoisotopic (exact) mass is 225 g/mol. The van der Waals surface area contributed by atoms with Crippen LogP contribution in [-0.2, 0) is 0 Å². The molecule has 0 aliphatic carbocycles. The zero-order chi connectivity index (χ0) is 12.4. The van der Waals surface area contributed by atoms with Crippen molar-refractivity contribution < 1.29 is 4.79 Å². The van der Waals surface area contributed by atoms with Crippen molar-refractivity contribution in [1.29, 1.82) is 0 Å². The molecular formula is C15H15NO. The van der Waals surface area contributed by atoms with Crippen LogP contribution in [0.3, 0.4) is 0 Å². The van der Waals surface area contributed by atoms with Crippen molar-refractivity contribution in [2.75, 3.05) is 0 Å². The van der Waals surface area contributed by atoms with Gasteiger partial charge in [-0.1, -0.05) is 17.2 Å². The van der Waals surface area contributed by atoms with Gasteiger partial charge < -0.3 is 0 Å². The first-order chi connectivity index (χ1) is 8.06. The van der Waals surface area contributed by atoms with Gasteiger partial charge in [0, 0.05) is 23.0 Å². The third-order valence-electron chi connectivity index (χ3n) is 2.64. The molecule has 0 bridgehead atoms. The molecule has 0 amide bonds. The Balaban J connectivity index is 2.43. The molecule has 2 aromatic rings. The Labute approximate surface area is 101 Å². The number of aromatic nitrogens is 1. The van der Waals surface area contributed by atoms with Crippen molar-refractivity contribution >= 4 is 5.78 Å². The van der Waals surface area contributed by atoms with Crippen molar-refractivity contribution in [2.24, 2.45) is 0 Å². The van der Waals surface area contributed by atoms with Crippen LogP contribution in [0.5, 0.6) is 0 Å². The molecular weight excluding hydrogens is 210 g/mol. The molecule has 0 saturated carbocycles. The number of rotatable bonds is 2. The van der Waals surface area contributed by atoms with Gasteiger partial charge in [-0.2, -0.15) is 0 Å². The number of ketones is 1. The maximum absolute atomic E-state index is 12.3. The largest absolute Gasteiger partial charge is 0.289 e. The fourth-order valence-electron chi connectivity index (χ4n) is 1.96. The quantitative estimate of drug-likeness (QED) is 0.734. The number of pyridine rings is 1. The second-order valence-corrected chi connectivity index (χ2v) is 4.39. The van der Waals surface area contributed by atoms with Crippen LogP contribution in [0.1, 0.15) is 32.7 Å². The summed E-state index contributed by atoms with van der Waals surface area (Å²) < 4.78 is 0. The summed E-state index contributed by atoms with van der Waals surface area (Å²) in [4.78, 5) is 16.4. The van der Waals surface area contributed by atoms with E-state index < -0.39 is 0 Å². The van der Waals surface area contributed by atoms with Crippen molar-refractivity contribution in [3.63, 3.8) is 0 Å². The normalized spacial score (nSPS) is 10.3. The number of hydrogen-bond donors (Lipinski definition) is 0. The van der Waals surface area contributed by atoms with Crippen LogP contribution in [0.25, 0.3) is 0 Å². The third kappa shape index (κ3) is 2.59. The number of carbonyl (C=O) groups is 1. The van der Waals surface area contributed by atoms with Gasteiger partial charge in [0.1, 0.15) is 0 Å². The maximum Gasteiger partial charge on any atom is 0.193 e. The van der Waals surface area contributed by atoms with Gasteiger partial charge in [-0.3, -0.25) is 9.78 Å². The summed E-state index contributed by atoms with van der Waals surface area (Å²) in [6.07, 6.45) is 1.67. The zero-order valence-corrected chi connectivity index (χ0v) is 10.3. The molecule has 0 aliphatic rings. The highest BCUT2D eigenvalue weighted by Gasteiger charge is 2.10. The molecule has 2 heteroatoms. The van der Waals surface area contributed by atoms with Crippen molar-refractivity contribution in [1.82, 2.24) is 4.98 Å². The predicted octanol–water partition coefficient (Wildman–Crippen LogP) is 3.24. The van der Waals surface area contributed by atoms with E-state index in [1.165, 1.54) is 0 Å². The van der Waals surface area contributed by atoms with E-state index in [-0.39, 0.29) is 5.78 Å². The molecule has 1 heterocycles. The molecule has 0 atom stereocenters. The van der Waals surface area contributed by atoms with Crippen LogP contribution in [-0.4, -0.2) is 10.8 Å². The van der Waals surface area contributed by atoms with E-state index in [1.807, 2.05) is 39.0 Å². The lowest BCUT2D eigenvalue weighted by molar-refractivity contribution is 0.103. The van der Waals surface area contributed by atoms with Crippen LogP contribution >= 0.6 is 0 Å². The molecule has 0 spiro atoms. The first kappa shape index (κ1) is 11.5. The Hall–Kier alpha value is -1.96. The van der Waals surface area contributed by atoms with Gasteiger partial charge in [0.25, 0.3) is 0 Å². The highest BCUT2D eigenvalue weighted by molar-refractivity contribution is 6.09. The van der Waals surface area contributed by atoms with Crippen LogP contribution in [0, 0.1) is 20.8 Å². The zero-order valence-electron chi connectivity index (χ0n) is 10.3. The Bertz CT molecular complexity index is 553. The predicted molar refractivity (Wildman–Crippen MR) is 68.3 cm³/mol. The Morgan fingerprint density at radius 3 is 2.18 bits per heavy atom. The van der Waals surface area contributed by atoms with E-state index in [0.29, 0.717) is 5.56 Å². The number of hydrogen-bond acceptors (Lipinski definition) is 2. The molecule has 0 radical (unpaired) electrons. The Morgan fingerprint density at radius 1 is 0.941 bits per heavy atom. The Morgan fingerprint density at radius 2 is 1.59 bits per heavy atom. The molecule has 0 saturated heterocycles. The van der Waals surface area contributed by atoms with Gasteiger partial charge in [0.15, 0.2) is 5.78 Å². The van der Waals surface area contributed by atoms with E-state index in [0.717, 1.165) is 22.4 Å². The van der Waals surface area contributed by atoms with Crippen LogP contribution in [0.2, 0.25) is 0 Å². The highest BCUT2D eigenvalue weighted by Crippen LogP contribution is 2.14. The van der Waals surface area contributed by atoms with Gasteiger partial charge in [0.05, 0.1) is 0 Å². The average Bonchev–Trinajstić information content (AvgIpc) is 2.26. The molecule has 2 nitrogen and oxygen atoms in total. The van der Waals surface area contributed by atoms with Crippen LogP contribution < -0.4 is 0 Å². The molecule has 17 heavy (non-hydrogen) atoms. The lowest BCUT2D eigenvalue weighted by atomic mass is 10.00. The molecule has 0 aliphatic heterocycles. The standard InChI is InChI=1S/C15H15NO/c1-10-6-11(2)8-14(7-10)15(17)13-4-5-16-12(3)9-13/h4-9H,1-3H3. The van der Waals surface area contributed by atoms with Gasteiger partial charge in [0.2, 0.25) is 0 Å². The summed E-state index contributed by atoms with van der Waals surface area (Å²) >= 11 is 0. The topological polar surface area (TPSA) is 30.0 Å². The molecule has 0 unspecified atom stereocenters. The van der Waals surface area contributed by atoms with E-state index in [4.69, 9.17) is 0 Å². The minimum Gasteiger partial charge on any atom is -0.289 e.